The van der Waals surface area contributed by atoms with E-state index in [1.807, 2.05) is 84.9 Å². The van der Waals surface area contributed by atoms with Crippen molar-refractivity contribution >= 4 is 23.4 Å². The molecule has 0 radical (unpaired) electrons. The van der Waals surface area contributed by atoms with Crippen molar-refractivity contribution in [3.8, 4) is 0 Å². The predicted molar refractivity (Wildman–Crippen MR) is 315 cm³/mol. The van der Waals surface area contributed by atoms with Gasteiger partial charge in [-0.2, -0.15) is 0 Å². The number of carbonyl (C=O) groups is 2. The van der Waals surface area contributed by atoms with Gasteiger partial charge in [0.2, 0.25) is 0 Å². The van der Waals surface area contributed by atoms with Gasteiger partial charge in [-0.1, -0.05) is 146 Å². The van der Waals surface area contributed by atoms with Crippen molar-refractivity contribution in [2.75, 3.05) is 38.6 Å². The molecule has 4 aliphatic heterocycles. The number of hydrogen-bond donors (Lipinski definition) is 1. The van der Waals surface area contributed by atoms with Crippen molar-refractivity contribution in [2.45, 2.75) is 87.4 Å². The van der Waals surface area contributed by atoms with Crippen molar-refractivity contribution in [1.82, 2.24) is 20.0 Å². The molecule has 4 heterocycles. The molecule has 416 valence electrons. The summed E-state index contributed by atoms with van der Waals surface area (Å²) >= 11 is 5.75. The summed E-state index contributed by atoms with van der Waals surface area (Å²) in [6.45, 7) is 6.03. The van der Waals surface area contributed by atoms with Gasteiger partial charge in [-0.15, -0.1) is 11.6 Å². The number of carbonyl (C=O) groups excluding carboxylic acids is 2. The molecular weight excluding hydrogens is 1040 g/mol. The van der Waals surface area contributed by atoms with Crippen molar-refractivity contribution in [3.63, 3.8) is 0 Å². The summed E-state index contributed by atoms with van der Waals surface area (Å²) < 4.78 is 53.2. The molecule has 1 N–H and O–H groups in total. The van der Waals surface area contributed by atoms with Gasteiger partial charge in [-0.05, 0) is 176 Å². The van der Waals surface area contributed by atoms with Crippen molar-refractivity contribution in [1.29, 1.82) is 0 Å². The maximum Gasteiger partial charge on any atom is 0.255 e. The van der Waals surface area contributed by atoms with Crippen LogP contribution < -0.4 is 5.32 Å². The van der Waals surface area contributed by atoms with Gasteiger partial charge in [-0.25, -0.2) is 17.6 Å². The summed E-state index contributed by atoms with van der Waals surface area (Å²) in [5.41, 5.74) is 10.2. The van der Waals surface area contributed by atoms with Crippen LogP contribution >= 0.6 is 11.6 Å². The quantitative estimate of drug-likeness (QED) is 0.0821. The molecule has 0 aliphatic carbocycles. The Morgan fingerprint density at radius 2 is 0.778 bits per heavy atom. The molecule has 8 aromatic carbocycles. The molecule has 2 spiro atoms. The van der Waals surface area contributed by atoms with Crippen LogP contribution in [0, 0.1) is 23.3 Å². The highest BCUT2D eigenvalue weighted by molar-refractivity contribution is 6.17. The summed E-state index contributed by atoms with van der Waals surface area (Å²) in [7, 11) is 0. The van der Waals surface area contributed by atoms with Gasteiger partial charge in [0.05, 0.1) is 11.1 Å². The van der Waals surface area contributed by atoms with E-state index >= 15 is 0 Å². The minimum atomic E-state index is -0.273. The lowest BCUT2D eigenvalue weighted by Crippen LogP contribution is -2.51. The lowest BCUT2D eigenvalue weighted by molar-refractivity contribution is 0.0227. The zero-order valence-corrected chi connectivity index (χ0v) is 46.4. The molecule has 11 heteroatoms. The van der Waals surface area contributed by atoms with Crippen LogP contribution in [0.5, 0.6) is 0 Å². The van der Waals surface area contributed by atoms with E-state index in [2.05, 4.69) is 68.5 Å². The summed E-state index contributed by atoms with van der Waals surface area (Å²) in [4.78, 5) is 33.3. The summed E-state index contributed by atoms with van der Waals surface area (Å²) in [6.07, 6.45) is 7.37. The van der Waals surface area contributed by atoms with Gasteiger partial charge in [0.25, 0.3) is 11.8 Å². The predicted octanol–water partition coefficient (Wildman–Crippen LogP) is 15.6. The second-order valence-electron chi connectivity index (χ2n) is 21.8. The highest BCUT2D eigenvalue weighted by Gasteiger charge is 2.51. The van der Waals surface area contributed by atoms with E-state index in [0.29, 0.717) is 19.0 Å². The molecule has 12 rings (SSSR count). The molecule has 4 aliphatic rings. The number of halogens is 5. The largest absolute Gasteiger partial charge is 0.324 e. The van der Waals surface area contributed by atoms with Gasteiger partial charge in [0, 0.05) is 55.0 Å². The van der Waals surface area contributed by atoms with Crippen LogP contribution in [-0.4, -0.2) is 65.1 Å². The van der Waals surface area contributed by atoms with E-state index in [1.54, 1.807) is 24.3 Å². The number of rotatable bonds is 15. The Morgan fingerprint density at radius 1 is 0.432 bits per heavy atom. The highest BCUT2D eigenvalue weighted by atomic mass is 35.5. The molecule has 0 atom stereocenters. The third-order valence-electron chi connectivity index (χ3n) is 17.0. The minimum absolute atomic E-state index is 0.0815. The van der Waals surface area contributed by atoms with E-state index < -0.39 is 0 Å². The number of fused-ring (bicyclic) bond motifs is 4. The Labute approximate surface area is 479 Å². The van der Waals surface area contributed by atoms with Crippen LogP contribution in [0.1, 0.15) is 128 Å². The molecule has 2 fully saturated rings. The molecule has 6 nitrogen and oxygen atoms in total. The van der Waals surface area contributed by atoms with E-state index in [0.717, 1.165) is 123 Å². The van der Waals surface area contributed by atoms with Crippen molar-refractivity contribution < 1.29 is 27.2 Å². The Kier molecular flexibility index (Phi) is 18.6. The number of hydrogen-bond acceptors (Lipinski definition) is 4. The lowest BCUT2D eigenvalue weighted by atomic mass is 9.80. The maximum absolute atomic E-state index is 13.6. The van der Waals surface area contributed by atoms with Crippen molar-refractivity contribution in [2.24, 2.45) is 0 Å². The fourth-order valence-corrected chi connectivity index (χ4v) is 13.0. The Balaban J connectivity index is 0.000000151. The van der Waals surface area contributed by atoms with Crippen molar-refractivity contribution in [3.05, 3.63) is 285 Å². The molecule has 2 amide bonds. The smallest absolute Gasteiger partial charge is 0.255 e. The zero-order valence-electron chi connectivity index (χ0n) is 45.6. The van der Waals surface area contributed by atoms with Crippen LogP contribution in [-0.2, 0) is 24.2 Å². The number of benzene rings is 8. The fraction of sp³-hybridized carbons (Fsp3) is 0.286. The second-order valence-corrected chi connectivity index (χ2v) is 22.2. The molecule has 8 aromatic rings. The van der Waals surface area contributed by atoms with E-state index in [9.17, 15) is 27.2 Å². The van der Waals surface area contributed by atoms with Crippen LogP contribution in [0.15, 0.2) is 206 Å². The van der Waals surface area contributed by atoms with E-state index in [-0.39, 0.29) is 58.0 Å². The highest BCUT2D eigenvalue weighted by Crippen LogP contribution is 2.48. The molecular formula is C70H69ClF4N4O2. The first-order valence-corrected chi connectivity index (χ1v) is 29.0. The molecule has 0 bridgehead atoms. The van der Waals surface area contributed by atoms with Gasteiger partial charge in [-0.3, -0.25) is 9.59 Å². The summed E-state index contributed by atoms with van der Waals surface area (Å²) in [6, 6.07) is 63.1. The second kappa shape index (κ2) is 26.5. The number of nitrogens with zero attached hydrogens (tertiary/aromatic N) is 3. The van der Waals surface area contributed by atoms with Crippen LogP contribution in [0.3, 0.4) is 0 Å². The van der Waals surface area contributed by atoms with Gasteiger partial charge in [0.15, 0.2) is 0 Å². The number of likely N-dealkylation sites (tertiary alicyclic amines) is 1. The van der Waals surface area contributed by atoms with Crippen LogP contribution in [0.4, 0.5) is 17.6 Å². The molecule has 81 heavy (non-hydrogen) atoms. The Hall–Kier alpha value is -7.37. The third kappa shape index (κ3) is 13.0. The standard InChI is InChI=1S/C35H34F2N2O.C19H20N2O.C16H15ClF2/c36-29-16-12-27(13-17-29)31(28-14-18-30(37)19-15-28)10-6-22-38-23-20-35(21-24-38)33-11-5-4-9-32(33)34(40)39(35)25-26-7-2-1-3-8-26;22-18-16-8-4-5-9-17(16)19(10-12-20-13-11-19)21(18)14-15-6-2-1-3-7-15;17-11-1-2-16(12-3-7-14(18)8-4-12)13-5-9-15(19)10-6-13/h1-5,7-9,11-19,31H,6,10,20-25H2;1-9,20H,10-14H2;3-10,16H,1-2,11H2. The lowest BCUT2D eigenvalue weighted by Gasteiger charge is -2.45. The van der Waals surface area contributed by atoms with Gasteiger partial charge < -0.3 is 20.0 Å². The third-order valence-corrected chi connectivity index (χ3v) is 17.3. The van der Waals surface area contributed by atoms with Gasteiger partial charge in [0.1, 0.15) is 23.3 Å². The maximum atomic E-state index is 13.6. The Morgan fingerprint density at radius 3 is 1.16 bits per heavy atom. The van der Waals surface area contributed by atoms with Crippen LogP contribution in [0.2, 0.25) is 0 Å². The Bertz CT molecular complexity index is 3220. The van der Waals surface area contributed by atoms with E-state index in [4.69, 9.17) is 11.6 Å². The molecule has 0 saturated carbocycles. The monoisotopic (exact) mass is 1110 g/mol. The fourth-order valence-electron chi connectivity index (χ4n) is 12.8. The number of alkyl halides is 1. The first-order valence-electron chi connectivity index (χ1n) is 28.5. The normalized spacial score (nSPS) is 16.0. The van der Waals surface area contributed by atoms with E-state index in [1.165, 1.54) is 65.2 Å². The zero-order chi connectivity index (χ0) is 56.2. The number of amides is 2. The molecule has 0 unspecified atom stereocenters. The SMILES string of the molecule is Fc1ccc(C(CCCCl)c2ccc(F)cc2)cc1.O=C1c2ccccc2C2(CCN(CCCC(c3ccc(F)cc3)c3ccc(F)cc3)CC2)N1Cc1ccccc1.O=C1c2ccccc2C2(CCNCC2)N1Cc1ccccc1. The van der Waals surface area contributed by atoms with Gasteiger partial charge >= 0.3 is 0 Å². The molecule has 2 saturated heterocycles. The average Bonchev–Trinajstić information content (AvgIpc) is 4.13. The topological polar surface area (TPSA) is 55.9 Å². The minimum Gasteiger partial charge on any atom is -0.324 e. The molecule has 0 aromatic heterocycles. The number of nitrogens with one attached hydrogen (secondary N) is 1. The summed E-state index contributed by atoms with van der Waals surface area (Å²) in [5, 5.41) is 3.43. The first-order chi connectivity index (χ1) is 39.5. The number of piperidine rings is 2. The summed E-state index contributed by atoms with van der Waals surface area (Å²) in [5.74, 6) is 0.0969. The average molecular weight is 1110 g/mol. The van der Waals surface area contributed by atoms with Crippen LogP contribution in [0.25, 0.3) is 0 Å². The first kappa shape index (κ1) is 56.9.